The predicted octanol–water partition coefficient (Wildman–Crippen LogP) is 3.13. The third-order valence-corrected chi connectivity index (χ3v) is 3.68. The number of amides is 2. The second-order valence-corrected chi connectivity index (χ2v) is 6.76. The van der Waals surface area contributed by atoms with Crippen molar-refractivity contribution in [1.29, 1.82) is 0 Å². The lowest BCUT2D eigenvalue weighted by molar-refractivity contribution is -0.384. The predicted molar refractivity (Wildman–Crippen MR) is 93.4 cm³/mol. The van der Waals surface area contributed by atoms with Crippen LogP contribution in [0.25, 0.3) is 0 Å². The van der Waals surface area contributed by atoms with Crippen LogP contribution in [-0.2, 0) is 5.54 Å². The molecule has 0 aliphatic heterocycles. The molecule has 2 N–H and O–H groups in total. The summed E-state index contributed by atoms with van der Waals surface area (Å²) in [6.07, 6.45) is 4.37. The quantitative estimate of drug-likeness (QED) is 0.652. The molecule has 2 heterocycles. The highest BCUT2D eigenvalue weighted by Gasteiger charge is 2.21. The van der Waals surface area contributed by atoms with E-state index in [-0.39, 0.29) is 23.0 Å². The number of aromatic nitrogens is 3. The summed E-state index contributed by atoms with van der Waals surface area (Å²) in [5, 5.41) is 20.7. The van der Waals surface area contributed by atoms with E-state index in [9.17, 15) is 14.9 Å². The van der Waals surface area contributed by atoms with Crippen LogP contribution in [0.2, 0.25) is 0 Å². The zero-order chi connectivity index (χ0) is 18.8. The number of rotatable bonds is 4. The smallest absolute Gasteiger partial charge is 0.319 e. The number of nitro groups is 1. The maximum atomic E-state index is 12.2. The Balaban J connectivity index is 2.11. The minimum Gasteiger partial charge on any atom is -0.331 e. The molecular weight excluding hydrogens is 324 g/mol. The van der Waals surface area contributed by atoms with Crippen LogP contribution in [0.5, 0.6) is 0 Å². The van der Waals surface area contributed by atoms with Gasteiger partial charge in [0.2, 0.25) is 0 Å². The maximum Gasteiger partial charge on any atom is 0.319 e. The molecule has 9 nitrogen and oxygen atoms in total. The number of nitrogens with one attached hydrogen (secondary N) is 2. The van der Waals surface area contributed by atoms with Gasteiger partial charge < -0.3 is 10.6 Å². The molecule has 25 heavy (non-hydrogen) atoms. The Morgan fingerprint density at radius 2 is 2.08 bits per heavy atom. The van der Waals surface area contributed by atoms with E-state index in [0.29, 0.717) is 0 Å². The Hall–Kier alpha value is -2.97. The van der Waals surface area contributed by atoms with Crippen molar-refractivity contribution < 1.29 is 9.72 Å². The Morgan fingerprint density at radius 3 is 2.64 bits per heavy atom. The van der Waals surface area contributed by atoms with E-state index < -0.39 is 11.0 Å². The van der Waals surface area contributed by atoms with Gasteiger partial charge >= 0.3 is 11.7 Å². The number of urea groups is 1. The molecule has 0 saturated carbocycles. The normalized spacial score (nSPS) is 12.5. The fourth-order valence-electron chi connectivity index (χ4n) is 2.31. The Kier molecular flexibility index (Phi) is 5.05. The number of nitrogens with zero attached hydrogens (tertiary/aromatic N) is 4. The maximum absolute atomic E-state index is 12.2. The Labute approximate surface area is 145 Å². The number of aryl methyl sites for hydroxylation is 1. The number of hydrogen-bond donors (Lipinski definition) is 2. The van der Waals surface area contributed by atoms with E-state index in [1.165, 1.54) is 12.3 Å². The first-order valence-electron chi connectivity index (χ1n) is 7.82. The third kappa shape index (κ3) is 4.31. The van der Waals surface area contributed by atoms with Crippen LogP contribution >= 0.6 is 0 Å². The van der Waals surface area contributed by atoms with Crippen molar-refractivity contribution in [3.63, 3.8) is 0 Å². The summed E-state index contributed by atoms with van der Waals surface area (Å²) in [6, 6.07) is 0.535. The summed E-state index contributed by atoms with van der Waals surface area (Å²) in [5.41, 5.74) is 1.36. The van der Waals surface area contributed by atoms with Crippen LogP contribution in [0.1, 0.15) is 45.0 Å². The number of pyridine rings is 1. The standard InChI is InChI=1S/C16H22N6O3/c1-10(12-9-21(16(3,4)5)20-11(12)2)18-15(23)19-13-6-7-17-8-14(13)22(24)25/h6-10H,1-5H3,(H2,17,18,19,23)/t10-/m0/s1. The van der Waals surface area contributed by atoms with Gasteiger partial charge in [-0.25, -0.2) is 4.79 Å². The van der Waals surface area contributed by atoms with Gasteiger partial charge in [0.1, 0.15) is 11.9 Å². The second-order valence-electron chi connectivity index (χ2n) is 6.76. The van der Waals surface area contributed by atoms with Crippen LogP contribution in [0.4, 0.5) is 16.2 Å². The molecule has 0 radical (unpaired) electrons. The van der Waals surface area contributed by atoms with Crippen LogP contribution in [-0.4, -0.2) is 25.7 Å². The van der Waals surface area contributed by atoms with Crippen LogP contribution in [0, 0.1) is 17.0 Å². The number of carbonyl (C=O) groups is 1. The first-order valence-corrected chi connectivity index (χ1v) is 7.82. The Morgan fingerprint density at radius 1 is 1.40 bits per heavy atom. The van der Waals surface area contributed by atoms with Gasteiger partial charge in [-0.05, 0) is 40.7 Å². The molecule has 2 aromatic rings. The zero-order valence-corrected chi connectivity index (χ0v) is 14.9. The van der Waals surface area contributed by atoms with E-state index in [4.69, 9.17) is 0 Å². The molecule has 0 fully saturated rings. The van der Waals surface area contributed by atoms with Crippen molar-refractivity contribution in [3.05, 3.63) is 46.0 Å². The third-order valence-electron chi connectivity index (χ3n) is 3.68. The van der Waals surface area contributed by atoms with Crippen LogP contribution in [0.15, 0.2) is 24.7 Å². The molecule has 0 aliphatic carbocycles. The highest BCUT2D eigenvalue weighted by molar-refractivity contribution is 5.91. The van der Waals surface area contributed by atoms with E-state index in [1.54, 1.807) is 0 Å². The van der Waals surface area contributed by atoms with Crippen molar-refractivity contribution in [2.45, 2.75) is 46.2 Å². The SMILES string of the molecule is Cc1nn(C(C)(C)C)cc1[C@H](C)NC(=O)Nc1ccncc1[N+](=O)[O-]. The minimum atomic E-state index is -0.594. The highest BCUT2D eigenvalue weighted by Crippen LogP contribution is 2.23. The average molecular weight is 346 g/mol. The zero-order valence-electron chi connectivity index (χ0n) is 14.9. The number of anilines is 1. The van der Waals surface area contributed by atoms with E-state index in [2.05, 4.69) is 20.7 Å². The van der Waals surface area contributed by atoms with Crippen molar-refractivity contribution in [2.24, 2.45) is 0 Å². The van der Waals surface area contributed by atoms with Crippen LogP contribution in [0.3, 0.4) is 0 Å². The molecule has 0 aliphatic rings. The summed E-state index contributed by atoms with van der Waals surface area (Å²) >= 11 is 0. The molecular formula is C16H22N6O3. The van der Waals surface area contributed by atoms with E-state index in [0.717, 1.165) is 17.5 Å². The van der Waals surface area contributed by atoms with Gasteiger partial charge in [0, 0.05) is 18.0 Å². The van der Waals surface area contributed by atoms with Gasteiger partial charge in [-0.2, -0.15) is 5.10 Å². The number of carbonyl (C=O) groups excluding carboxylic acids is 1. The molecule has 0 bridgehead atoms. The van der Waals surface area contributed by atoms with Gasteiger partial charge in [0.25, 0.3) is 0 Å². The van der Waals surface area contributed by atoms with E-state index in [1.807, 2.05) is 45.5 Å². The molecule has 1 atom stereocenters. The first-order chi connectivity index (χ1) is 11.6. The Bertz CT molecular complexity index is 793. The summed E-state index contributed by atoms with van der Waals surface area (Å²) < 4.78 is 1.85. The molecule has 134 valence electrons. The average Bonchev–Trinajstić information content (AvgIpc) is 2.89. The summed E-state index contributed by atoms with van der Waals surface area (Å²) in [4.78, 5) is 26.3. The lowest BCUT2D eigenvalue weighted by atomic mass is 10.1. The van der Waals surface area contributed by atoms with Crippen LogP contribution < -0.4 is 10.6 Å². The van der Waals surface area contributed by atoms with Gasteiger partial charge in [0.15, 0.2) is 0 Å². The lowest BCUT2D eigenvalue weighted by Crippen LogP contribution is -2.31. The fourth-order valence-corrected chi connectivity index (χ4v) is 2.31. The largest absolute Gasteiger partial charge is 0.331 e. The molecule has 0 saturated heterocycles. The molecule has 0 unspecified atom stereocenters. The van der Waals surface area contributed by atoms with E-state index >= 15 is 0 Å². The topological polar surface area (TPSA) is 115 Å². The summed E-state index contributed by atoms with van der Waals surface area (Å²) in [5.74, 6) is 0. The highest BCUT2D eigenvalue weighted by atomic mass is 16.6. The molecule has 9 heteroatoms. The van der Waals surface area contributed by atoms with Crippen molar-refractivity contribution in [3.8, 4) is 0 Å². The van der Waals surface area contributed by atoms with Gasteiger partial charge in [-0.1, -0.05) is 0 Å². The summed E-state index contributed by atoms with van der Waals surface area (Å²) in [6.45, 7) is 9.82. The van der Waals surface area contributed by atoms with Gasteiger partial charge in [-0.15, -0.1) is 0 Å². The van der Waals surface area contributed by atoms with Crippen molar-refractivity contribution in [2.75, 3.05) is 5.32 Å². The second kappa shape index (κ2) is 6.88. The molecule has 2 amide bonds. The first kappa shape index (κ1) is 18.4. The molecule has 0 spiro atoms. The lowest BCUT2D eigenvalue weighted by Gasteiger charge is -2.19. The molecule has 2 rings (SSSR count). The monoisotopic (exact) mass is 346 g/mol. The molecule has 2 aromatic heterocycles. The molecule has 0 aromatic carbocycles. The fraction of sp³-hybridized carbons (Fsp3) is 0.438. The van der Waals surface area contributed by atoms with Gasteiger partial charge in [-0.3, -0.25) is 19.8 Å². The van der Waals surface area contributed by atoms with Crippen molar-refractivity contribution in [1.82, 2.24) is 20.1 Å². The van der Waals surface area contributed by atoms with Gasteiger partial charge in [0.05, 0.1) is 22.2 Å². The number of hydrogen-bond acceptors (Lipinski definition) is 5. The van der Waals surface area contributed by atoms with Crippen molar-refractivity contribution >= 4 is 17.4 Å². The minimum absolute atomic E-state index is 0.0896. The summed E-state index contributed by atoms with van der Waals surface area (Å²) in [7, 11) is 0.